The third kappa shape index (κ3) is 60.7. The van der Waals surface area contributed by atoms with Crippen LogP contribution in [0.2, 0.25) is 0 Å². The van der Waals surface area contributed by atoms with Gasteiger partial charge in [-0.2, -0.15) is 0 Å². The minimum absolute atomic E-state index is 0.0738. The molecule has 3 N–H and O–H groups in total. The quantitative estimate of drug-likeness (QED) is 0.0420. The number of amides is 1. The number of hydrogen-bond acceptors (Lipinski definition) is 3. The molecule has 0 aliphatic heterocycles. The van der Waals surface area contributed by atoms with Gasteiger partial charge in [-0.25, -0.2) is 0 Å². The summed E-state index contributed by atoms with van der Waals surface area (Å²) in [5, 5.41) is 23.2. The Kier molecular flexibility index (Phi) is 63.2. The molecule has 2 unspecified atom stereocenters. The molecule has 2 atom stereocenters. The van der Waals surface area contributed by atoms with Gasteiger partial charge in [0.05, 0.1) is 18.8 Å². The summed E-state index contributed by atoms with van der Waals surface area (Å²) in [5.41, 5.74) is 0. The van der Waals surface area contributed by atoms with E-state index in [-0.39, 0.29) is 12.5 Å². The summed E-state index contributed by atoms with van der Waals surface area (Å²) in [7, 11) is 0. The lowest BCUT2D eigenvalue weighted by atomic mass is 10.0. The normalized spacial score (nSPS) is 13.2. The lowest BCUT2D eigenvalue weighted by molar-refractivity contribution is -0.123. The average Bonchev–Trinajstić information content (AvgIpc) is 3.40. The molecule has 0 radical (unpaired) electrons. The fourth-order valence-electron chi connectivity index (χ4n) is 10.1. The topological polar surface area (TPSA) is 69.6 Å². The molecule has 0 aliphatic carbocycles. The van der Waals surface area contributed by atoms with Gasteiger partial charge in [0.25, 0.3) is 0 Å². The van der Waals surface area contributed by atoms with E-state index in [0.29, 0.717) is 6.42 Å². The van der Waals surface area contributed by atoms with Gasteiger partial charge in [0.2, 0.25) is 5.91 Å². The number of hydrogen-bond donors (Lipinski definition) is 3. The molecule has 0 spiro atoms. The second-order valence-electron chi connectivity index (χ2n) is 22.5. The number of unbranched alkanes of at least 4 members (excludes halogenated alkanes) is 44. The molecule has 0 fully saturated rings. The van der Waals surface area contributed by atoms with Gasteiger partial charge in [-0.1, -0.05) is 331 Å². The molecule has 0 bridgehead atoms. The highest BCUT2D eigenvalue weighted by Gasteiger charge is 2.18. The Morgan fingerprint density at radius 1 is 0.324 bits per heavy atom. The van der Waals surface area contributed by atoms with Crippen LogP contribution < -0.4 is 5.32 Å². The standard InChI is InChI=1S/C70H129NO3/c1-3-5-7-9-11-13-15-17-19-21-23-25-27-29-31-32-33-34-35-36-37-38-40-42-44-46-48-50-52-54-56-58-60-62-64-66-70(74)71-68(67-72)69(73)65-63-61-59-57-55-53-51-49-47-45-43-41-39-30-28-26-24-22-20-18-16-14-12-10-8-6-4-2/h15,17,21,23,27,29,47,49,55,57,63,65,68-69,72-73H,3-14,16,18-20,22,24-26,28,30-46,48,50-54,56,58-62,64,66-67H2,1-2H3,(H,71,74)/b17-15-,23-21-,29-27-,49-47+,57-55+,65-63+. The summed E-state index contributed by atoms with van der Waals surface area (Å²) < 4.78 is 0. The van der Waals surface area contributed by atoms with E-state index in [0.717, 1.165) is 51.4 Å². The maximum Gasteiger partial charge on any atom is 0.220 e. The van der Waals surface area contributed by atoms with Gasteiger partial charge in [0, 0.05) is 6.42 Å². The van der Waals surface area contributed by atoms with Crippen molar-refractivity contribution >= 4 is 5.91 Å². The third-order valence-electron chi connectivity index (χ3n) is 15.1. The van der Waals surface area contributed by atoms with E-state index in [2.05, 4.69) is 79.9 Å². The average molecular weight is 1030 g/mol. The van der Waals surface area contributed by atoms with Crippen LogP contribution in [0.25, 0.3) is 0 Å². The predicted octanol–water partition coefficient (Wildman–Crippen LogP) is 22.5. The van der Waals surface area contributed by atoms with Crippen molar-refractivity contribution in [3.05, 3.63) is 72.9 Å². The smallest absolute Gasteiger partial charge is 0.220 e. The lowest BCUT2D eigenvalue weighted by Gasteiger charge is -2.19. The number of carbonyl (C=O) groups is 1. The van der Waals surface area contributed by atoms with E-state index in [9.17, 15) is 15.0 Å². The van der Waals surface area contributed by atoms with Crippen molar-refractivity contribution in [3.8, 4) is 0 Å². The van der Waals surface area contributed by atoms with E-state index in [1.54, 1.807) is 6.08 Å². The Morgan fingerprint density at radius 2 is 0.568 bits per heavy atom. The monoisotopic (exact) mass is 1030 g/mol. The minimum Gasteiger partial charge on any atom is -0.394 e. The van der Waals surface area contributed by atoms with Gasteiger partial charge >= 0.3 is 0 Å². The first-order chi connectivity index (χ1) is 36.7. The zero-order valence-electron chi connectivity index (χ0n) is 49.9. The molecule has 0 aliphatic rings. The highest BCUT2D eigenvalue weighted by atomic mass is 16.3. The van der Waals surface area contributed by atoms with Gasteiger partial charge in [0.15, 0.2) is 0 Å². The molecule has 0 aromatic carbocycles. The maximum atomic E-state index is 12.5. The SMILES string of the molecule is CCCCCCC/C=C\C/C=C\C/C=C\CCCCCCCCCCCCCCCCCCCCCCC(=O)NC(CO)C(O)/C=C/CC/C=C/CC/C=C/CCCCCCCCCCCCCCCCCCC. The van der Waals surface area contributed by atoms with Gasteiger partial charge in [-0.15, -0.1) is 0 Å². The maximum absolute atomic E-state index is 12.5. The summed E-state index contributed by atoms with van der Waals surface area (Å²) >= 11 is 0. The van der Waals surface area contributed by atoms with E-state index in [1.165, 1.54) is 276 Å². The molecular weight excluding hydrogens is 903 g/mol. The molecule has 0 saturated carbocycles. The second kappa shape index (κ2) is 65.1. The number of allylic oxidation sites excluding steroid dienone is 11. The molecule has 1 amide bonds. The van der Waals surface area contributed by atoms with Crippen molar-refractivity contribution in [3.63, 3.8) is 0 Å². The molecule has 432 valence electrons. The van der Waals surface area contributed by atoms with Crippen LogP contribution in [0, 0.1) is 0 Å². The lowest BCUT2D eigenvalue weighted by Crippen LogP contribution is -2.45. The molecule has 0 rings (SSSR count). The predicted molar refractivity (Wildman–Crippen MR) is 331 cm³/mol. The van der Waals surface area contributed by atoms with Crippen molar-refractivity contribution in [2.45, 2.75) is 360 Å². The molecule has 4 heteroatoms. The summed E-state index contributed by atoms with van der Waals surface area (Å²) in [4.78, 5) is 12.5. The Morgan fingerprint density at radius 3 is 0.878 bits per heavy atom. The van der Waals surface area contributed by atoms with Crippen molar-refractivity contribution in [1.82, 2.24) is 5.32 Å². The summed E-state index contributed by atoms with van der Waals surface area (Å²) in [6, 6.07) is -0.649. The van der Waals surface area contributed by atoms with Crippen LogP contribution in [-0.4, -0.2) is 34.9 Å². The van der Waals surface area contributed by atoms with Crippen molar-refractivity contribution in [1.29, 1.82) is 0 Å². The molecule has 0 heterocycles. The first-order valence-electron chi connectivity index (χ1n) is 33.2. The number of carbonyl (C=O) groups excluding carboxylic acids is 1. The van der Waals surface area contributed by atoms with Crippen LogP contribution >= 0.6 is 0 Å². The Balaban J connectivity index is 3.50. The molecule has 0 aromatic heterocycles. The third-order valence-corrected chi connectivity index (χ3v) is 15.1. The van der Waals surface area contributed by atoms with Gasteiger partial charge in [-0.3, -0.25) is 4.79 Å². The fourth-order valence-corrected chi connectivity index (χ4v) is 10.1. The molecule has 0 aromatic rings. The molecule has 74 heavy (non-hydrogen) atoms. The summed E-state index contributed by atoms with van der Waals surface area (Å²) in [6.45, 7) is 4.31. The fraction of sp³-hybridized carbons (Fsp3) is 0.814. The van der Waals surface area contributed by atoms with Crippen molar-refractivity contribution in [2.75, 3.05) is 6.61 Å². The van der Waals surface area contributed by atoms with E-state index in [4.69, 9.17) is 0 Å². The van der Waals surface area contributed by atoms with Gasteiger partial charge < -0.3 is 15.5 Å². The van der Waals surface area contributed by atoms with E-state index >= 15 is 0 Å². The highest BCUT2D eigenvalue weighted by Crippen LogP contribution is 2.18. The van der Waals surface area contributed by atoms with Crippen LogP contribution in [0.5, 0.6) is 0 Å². The van der Waals surface area contributed by atoms with E-state index in [1.807, 2.05) is 6.08 Å². The second-order valence-corrected chi connectivity index (χ2v) is 22.5. The van der Waals surface area contributed by atoms with E-state index < -0.39 is 12.1 Å². The highest BCUT2D eigenvalue weighted by molar-refractivity contribution is 5.76. The first kappa shape index (κ1) is 71.8. The minimum atomic E-state index is -0.873. The number of aliphatic hydroxyl groups is 2. The van der Waals surface area contributed by atoms with Gasteiger partial charge in [-0.05, 0) is 83.5 Å². The zero-order chi connectivity index (χ0) is 53.4. The van der Waals surface area contributed by atoms with Crippen LogP contribution in [0.1, 0.15) is 348 Å². The summed E-state index contributed by atoms with van der Waals surface area (Å²) in [6.07, 6.45) is 94.0. The Labute approximate surface area is 463 Å². The largest absolute Gasteiger partial charge is 0.394 e. The Bertz CT molecular complexity index is 1260. The summed E-state index contributed by atoms with van der Waals surface area (Å²) in [5.74, 6) is -0.0738. The first-order valence-corrected chi connectivity index (χ1v) is 33.2. The van der Waals surface area contributed by atoms with Gasteiger partial charge in [0.1, 0.15) is 0 Å². The molecule has 0 saturated heterocycles. The molecular formula is C70H129NO3. The van der Waals surface area contributed by atoms with Crippen LogP contribution in [0.15, 0.2) is 72.9 Å². The Hall–Kier alpha value is -2.17. The van der Waals surface area contributed by atoms with Crippen LogP contribution in [0.3, 0.4) is 0 Å². The molecule has 4 nitrogen and oxygen atoms in total. The van der Waals surface area contributed by atoms with Crippen molar-refractivity contribution < 1.29 is 15.0 Å². The number of aliphatic hydroxyl groups excluding tert-OH is 2. The van der Waals surface area contributed by atoms with Crippen molar-refractivity contribution in [2.24, 2.45) is 0 Å². The van der Waals surface area contributed by atoms with Crippen LogP contribution in [-0.2, 0) is 4.79 Å². The number of nitrogens with one attached hydrogen (secondary N) is 1. The van der Waals surface area contributed by atoms with Crippen LogP contribution in [0.4, 0.5) is 0 Å². The number of rotatable bonds is 61. The zero-order valence-corrected chi connectivity index (χ0v) is 49.9.